The highest BCUT2D eigenvalue weighted by Crippen LogP contribution is 2.31. The van der Waals surface area contributed by atoms with Crippen molar-refractivity contribution in [1.82, 2.24) is 0 Å². The summed E-state index contributed by atoms with van der Waals surface area (Å²) >= 11 is 0. The number of aliphatic hydroxyl groups is 1. The molecule has 0 bridgehead atoms. The number of hydrogen-bond acceptors (Lipinski definition) is 3. The van der Waals surface area contributed by atoms with Crippen LogP contribution in [0, 0.1) is 12.8 Å². The van der Waals surface area contributed by atoms with Crippen molar-refractivity contribution in [2.24, 2.45) is 5.92 Å². The SMILES string of the molecule is C/C1=C(C)/C(O)=C(/C)C(C)CCC(C)(COc2ccc(C)cc2)OC1. The molecule has 2 rings (SSSR count). The highest BCUT2D eigenvalue weighted by molar-refractivity contribution is 5.32. The number of aliphatic hydroxyl groups excluding tert-OH is 1. The van der Waals surface area contributed by atoms with Crippen LogP contribution < -0.4 is 4.74 Å². The van der Waals surface area contributed by atoms with E-state index in [-0.39, 0.29) is 5.60 Å². The monoisotopic (exact) mass is 344 g/mol. The minimum absolute atomic E-state index is 0.308. The molecule has 0 aromatic heterocycles. The standard InChI is InChI=1S/C22H32O3/c1-15-7-9-20(10-8-15)24-14-22(6)12-11-16(2)18(4)21(23)19(5)17(3)13-25-22/h7-10,16,23H,11-14H2,1-6H3/b19-17-,21-18+. The lowest BCUT2D eigenvalue weighted by molar-refractivity contribution is -0.0588. The predicted octanol–water partition coefficient (Wildman–Crippen LogP) is 5.75. The molecule has 1 aromatic carbocycles. The van der Waals surface area contributed by atoms with Gasteiger partial charge >= 0.3 is 0 Å². The number of allylic oxidation sites excluding steroid dienone is 2. The fourth-order valence-corrected chi connectivity index (χ4v) is 2.92. The third-order valence-corrected chi connectivity index (χ3v) is 5.42. The molecule has 1 aromatic rings. The summed E-state index contributed by atoms with van der Waals surface area (Å²) in [6, 6.07) is 8.12. The van der Waals surface area contributed by atoms with Crippen LogP contribution in [-0.4, -0.2) is 23.9 Å². The molecule has 0 saturated heterocycles. The van der Waals surface area contributed by atoms with Crippen LogP contribution in [0.4, 0.5) is 0 Å². The highest BCUT2D eigenvalue weighted by Gasteiger charge is 2.29. The minimum atomic E-state index is -0.353. The second-order valence-electron chi connectivity index (χ2n) is 7.72. The van der Waals surface area contributed by atoms with E-state index in [1.807, 2.05) is 32.9 Å². The maximum atomic E-state index is 10.5. The summed E-state index contributed by atoms with van der Waals surface area (Å²) in [5.41, 5.74) is 3.91. The van der Waals surface area contributed by atoms with Crippen LogP contribution in [0.5, 0.6) is 5.75 Å². The molecule has 1 heterocycles. The van der Waals surface area contributed by atoms with Crippen LogP contribution in [-0.2, 0) is 4.74 Å². The Bertz CT molecular complexity index is 654. The lowest BCUT2D eigenvalue weighted by atomic mass is 9.88. The van der Waals surface area contributed by atoms with Crippen LogP contribution >= 0.6 is 0 Å². The maximum absolute atomic E-state index is 10.5. The molecule has 3 heteroatoms. The average molecular weight is 344 g/mol. The first-order valence-corrected chi connectivity index (χ1v) is 9.12. The number of benzene rings is 1. The summed E-state index contributed by atoms with van der Waals surface area (Å²) < 4.78 is 12.3. The van der Waals surface area contributed by atoms with Crippen molar-refractivity contribution >= 4 is 0 Å². The Hall–Kier alpha value is -1.74. The molecule has 3 nitrogen and oxygen atoms in total. The molecule has 0 fully saturated rings. The van der Waals surface area contributed by atoms with Gasteiger partial charge in [-0.05, 0) is 82.2 Å². The van der Waals surface area contributed by atoms with Crippen LogP contribution in [0.25, 0.3) is 0 Å². The first-order chi connectivity index (χ1) is 11.7. The van der Waals surface area contributed by atoms with E-state index in [9.17, 15) is 5.11 Å². The average Bonchev–Trinajstić information content (AvgIpc) is 2.61. The van der Waals surface area contributed by atoms with E-state index < -0.39 is 0 Å². The van der Waals surface area contributed by atoms with Gasteiger partial charge in [-0.1, -0.05) is 24.6 Å². The smallest absolute Gasteiger partial charge is 0.119 e. The zero-order valence-corrected chi connectivity index (χ0v) is 16.5. The van der Waals surface area contributed by atoms with E-state index in [0.29, 0.717) is 24.9 Å². The van der Waals surface area contributed by atoms with E-state index in [4.69, 9.17) is 9.47 Å². The van der Waals surface area contributed by atoms with Gasteiger partial charge in [0.05, 0.1) is 12.2 Å². The molecule has 1 N–H and O–H groups in total. The van der Waals surface area contributed by atoms with Crippen molar-refractivity contribution in [2.75, 3.05) is 13.2 Å². The zero-order valence-electron chi connectivity index (χ0n) is 16.5. The highest BCUT2D eigenvalue weighted by atomic mass is 16.5. The molecule has 0 aliphatic carbocycles. The van der Waals surface area contributed by atoms with Gasteiger partial charge < -0.3 is 14.6 Å². The summed E-state index contributed by atoms with van der Waals surface area (Å²) in [6.45, 7) is 13.4. The van der Waals surface area contributed by atoms with Gasteiger partial charge in [0.15, 0.2) is 0 Å². The van der Waals surface area contributed by atoms with Gasteiger partial charge in [0.2, 0.25) is 0 Å². The van der Waals surface area contributed by atoms with E-state index in [1.54, 1.807) is 0 Å². The molecule has 2 atom stereocenters. The Morgan fingerprint density at radius 3 is 2.44 bits per heavy atom. The normalized spacial score (nSPS) is 31.7. The molecule has 0 amide bonds. The van der Waals surface area contributed by atoms with Crippen molar-refractivity contribution in [1.29, 1.82) is 0 Å². The second kappa shape index (κ2) is 8.09. The molecule has 2 unspecified atom stereocenters. The van der Waals surface area contributed by atoms with E-state index >= 15 is 0 Å². The fourth-order valence-electron chi connectivity index (χ4n) is 2.92. The van der Waals surface area contributed by atoms with Gasteiger partial charge in [-0.15, -0.1) is 0 Å². The first-order valence-electron chi connectivity index (χ1n) is 9.12. The van der Waals surface area contributed by atoms with Crippen LogP contribution in [0.15, 0.2) is 46.7 Å². The Morgan fingerprint density at radius 1 is 1.16 bits per heavy atom. The third-order valence-electron chi connectivity index (χ3n) is 5.42. The van der Waals surface area contributed by atoms with Gasteiger partial charge in [-0.3, -0.25) is 0 Å². The zero-order chi connectivity index (χ0) is 18.6. The molecule has 1 aliphatic heterocycles. The van der Waals surface area contributed by atoms with Crippen molar-refractivity contribution < 1.29 is 14.6 Å². The summed E-state index contributed by atoms with van der Waals surface area (Å²) in [4.78, 5) is 0. The maximum Gasteiger partial charge on any atom is 0.119 e. The Kier molecular flexibility index (Phi) is 6.34. The molecular formula is C22H32O3. The molecule has 1 aliphatic rings. The Morgan fingerprint density at radius 2 is 1.80 bits per heavy atom. The van der Waals surface area contributed by atoms with Crippen LogP contribution in [0.1, 0.15) is 53.0 Å². The number of aryl methyl sites for hydroxylation is 1. The Balaban J connectivity index is 2.15. The summed E-state index contributed by atoms with van der Waals surface area (Å²) in [5.74, 6) is 1.61. The van der Waals surface area contributed by atoms with Crippen molar-refractivity contribution in [3.8, 4) is 5.75 Å². The quantitative estimate of drug-likeness (QED) is 0.759. The lowest BCUT2D eigenvalue weighted by Gasteiger charge is -2.32. The summed E-state index contributed by atoms with van der Waals surface area (Å²) in [5, 5.41) is 10.5. The molecule has 25 heavy (non-hydrogen) atoms. The summed E-state index contributed by atoms with van der Waals surface area (Å²) in [6.07, 6.45) is 1.84. The van der Waals surface area contributed by atoms with Crippen molar-refractivity contribution in [3.63, 3.8) is 0 Å². The number of rotatable bonds is 3. The summed E-state index contributed by atoms with van der Waals surface area (Å²) in [7, 11) is 0. The minimum Gasteiger partial charge on any atom is -0.508 e. The molecule has 0 spiro atoms. The second-order valence-corrected chi connectivity index (χ2v) is 7.72. The predicted molar refractivity (Wildman–Crippen MR) is 103 cm³/mol. The topological polar surface area (TPSA) is 38.7 Å². The Labute approximate surface area is 152 Å². The number of ether oxygens (including phenoxy) is 2. The third kappa shape index (κ3) is 5.12. The van der Waals surface area contributed by atoms with Crippen LogP contribution in [0.3, 0.4) is 0 Å². The van der Waals surface area contributed by atoms with Gasteiger partial charge in [0.1, 0.15) is 18.1 Å². The molecular weight excluding hydrogens is 312 g/mol. The van der Waals surface area contributed by atoms with Gasteiger partial charge in [-0.2, -0.15) is 0 Å². The van der Waals surface area contributed by atoms with Gasteiger partial charge in [0.25, 0.3) is 0 Å². The van der Waals surface area contributed by atoms with Gasteiger partial charge in [-0.25, -0.2) is 0 Å². The van der Waals surface area contributed by atoms with Crippen molar-refractivity contribution in [3.05, 3.63) is 52.3 Å². The van der Waals surface area contributed by atoms with Gasteiger partial charge in [0, 0.05) is 0 Å². The molecule has 0 radical (unpaired) electrons. The van der Waals surface area contributed by atoms with E-state index in [0.717, 1.165) is 35.3 Å². The van der Waals surface area contributed by atoms with Crippen LogP contribution in [0.2, 0.25) is 0 Å². The largest absolute Gasteiger partial charge is 0.508 e. The fraction of sp³-hybridized carbons (Fsp3) is 0.545. The van der Waals surface area contributed by atoms with Crippen molar-refractivity contribution in [2.45, 2.75) is 60.0 Å². The lowest BCUT2D eigenvalue weighted by Crippen LogP contribution is -2.37. The molecule has 0 saturated carbocycles. The van der Waals surface area contributed by atoms with E-state index in [1.165, 1.54) is 5.56 Å². The number of hydrogen-bond donors (Lipinski definition) is 1. The first kappa shape index (κ1) is 19.6. The molecule has 138 valence electrons. The van der Waals surface area contributed by atoms with E-state index in [2.05, 4.69) is 32.9 Å².